The third-order valence-corrected chi connectivity index (χ3v) is 5.73. The van der Waals surface area contributed by atoms with E-state index >= 15 is 0 Å². The van der Waals surface area contributed by atoms with Crippen LogP contribution in [0.1, 0.15) is 40.2 Å². The van der Waals surface area contributed by atoms with Crippen LogP contribution in [0.3, 0.4) is 0 Å². The number of esters is 1. The third-order valence-electron chi connectivity index (χ3n) is 5.73. The van der Waals surface area contributed by atoms with E-state index in [0.29, 0.717) is 13.1 Å². The molecule has 34 heavy (non-hydrogen) atoms. The summed E-state index contributed by atoms with van der Waals surface area (Å²) in [5, 5.41) is 4.77. The Morgan fingerprint density at radius 3 is 2.32 bits per heavy atom. The molecule has 4 aromatic rings. The number of aryl methyl sites for hydroxylation is 3. The van der Waals surface area contributed by atoms with E-state index in [1.54, 1.807) is 13.8 Å². The fraction of sp³-hybridized carbons (Fsp3) is 0.370. The number of hydrogen-bond donors (Lipinski definition) is 0. The Balaban J connectivity index is 1.86. The van der Waals surface area contributed by atoms with Crippen LogP contribution in [0.2, 0.25) is 0 Å². The van der Waals surface area contributed by atoms with Gasteiger partial charge >= 0.3 is 11.7 Å². The van der Waals surface area contributed by atoms with E-state index in [4.69, 9.17) is 9.84 Å². The normalized spacial score (nSPS) is 11.8. The lowest BCUT2D eigenvalue weighted by Crippen LogP contribution is -2.26. The molecule has 7 nitrogen and oxygen atoms in total. The maximum Gasteiger partial charge on any atom is 0.329 e. The number of rotatable bonds is 6. The molecule has 0 spiro atoms. The first-order valence-electron chi connectivity index (χ1n) is 11.7. The van der Waals surface area contributed by atoms with Crippen LogP contribution in [0.15, 0.2) is 53.5 Å². The van der Waals surface area contributed by atoms with Gasteiger partial charge < -0.3 is 4.74 Å². The highest BCUT2D eigenvalue weighted by molar-refractivity contribution is 5.87. The monoisotopic (exact) mass is 460 g/mol. The van der Waals surface area contributed by atoms with Crippen molar-refractivity contribution in [2.45, 2.75) is 66.8 Å². The third kappa shape index (κ3) is 4.55. The Morgan fingerprint density at radius 2 is 1.68 bits per heavy atom. The summed E-state index contributed by atoms with van der Waals surface area (Å²) in [5.41, 5.74) is 5.96. The summed E-state index contributed by atoms with van der Waals surface area (Å²) < 4.78 is 10.7. The second-order valence-corrected chi connectivity index (χ2v) is 9.52. The van der Waals surface area contributed by atoms with Gasteiger partial charge in [-0.1, -0.05) is 29.8 Å². The molecular formula is C27H32N4O3. The van der Waals surface area contributed by atoms with E-state index in [1.165, 1.54) is 0 Å². The van der Waals surface area contributed by atoms with Crippen molar-refractivity contribution in [3.05, 3.63) is 64.7 Å². The number of hydrogen-bond acceptors (Lipinski definition) is 4. The van der Waals surface area contributed by atoms with Crippen LogP contribution in [0.25, 0.3) is 33.4 Å². The zero-order valence-corrected chi connectivity index (χ0v) is 20.8. The molecule has 4 rings (SSSR count). The zero-order valence-electron chi connectivity index (χ0n) is 20.8. The van der Waals surface area contributed by atoms with E-state index in [-0.39, 0.29) is 18.2 Å². The Morgan fingerprint density at radius 1 is 0.971 bits per heavy atom. The fourth-order valence-corrected chi connectivity index (χ4v) is 4.32. The van der Waals surface area contributed by atoms with Gasteiger partial charge in [-0.2, -0.15) is 5.10 Å². The van der Waals surface area contributed by atoms with Gasteiger partial charge in [-0.15, -0.1) is 0 Å². The Hall–Kier alpha value is -3.61. The number of ether oxygens (including phenoxy) is 1. The van der Waals surface area contributed by atoms with Crippen LogP contribution in [0.5, 0.6) is 0 Å². The van der Waals surface area contributed by atoms with Gasteiger partial charge in [0.15, 0.2) is 0 Å². The quantitative estimate of drug-likeness (QED) is 0.379. The summed E-state index contributed by atoms with van der Waals surface area (Å²) in [6.07, 6.45) is 1.88. The Kier molecular flexibility index (Phi) is 6.21. The summed E-state index contributed by atoms with van der Waals surface area (Å²) in [5.74, 6) is -0.340. The maximum atomic E-state index is 12.8. The van der Waals surface area contributed by atoms with Crippen molar-refractivity contribution in [2.75, 3.05) is 0 Å². The summed E-state index contributed by atoms with van der Waals surface area (Å²) in [7, 11) is 0. The van der Waals surface area contributed by atoms with E-state index in [2.05, 4.69) is 6.07 Å². The van der Waals surface area contributed by atoms with Crippen molar-refractivity contribution < 1.29 is 9.53 Å². The highest BCUT2D eigenvalue weighted by atomic mass is 16.6. The average molecular weight is 461 g/mol. The van der Waals surface area contributed by atoms with Crippen molar-refractivity contribution in [3.8, 4) is 22.4 Å². The molecule has 7 heteroatoms. The number of carbonyl (C=O) groups is 1. The first kappa shape index (κ1) is 23.5. The SMILES string of the molecule is CCn1c(=O)n(CC)c2cc(-c3cn(CC(=O)OC(C)(C)C)nc3-c3cccc(C)c3)ccc21. The first-order valence-corrected chi connectivity index (χ1v) is 11.7. The minimum absolute atomic E-state index is 0.00308. The van der Waals surface area contributed by atoms with Gasteiger partial charge in [-0.25, -0.2) is 4.79 Å². The predicted molar refractivity (Wildman–Crippen MR) is 135 cm³/mol. The van der Waals surface area contributed by atoms with Gasteiger partial charge in [0.2, 0.25) is 0 Å². The van der Waals surface area contributed by atoms with Crippen LogP contribution in [-0.2, 0) is 29.2 Å². The standard InChI is InChI=1S/C27H32N4O3/c1-7-30-22-13-12-19(15-23(22)31(8-2)26(30)33)21-16-29(17-24(32)34-27(4,5)6)28-25(21)20-11-9-10-18(3)14-20/h9-16H,7-8,17H2,1-6H3. The smallest absolute Gasteiger partial charge is 0.329 e. The Labute approximate surface area is 199 Å². The summed E-state index contributed by atoms with van der Waals surface area (Å²) in [4.78, 5) is 25.3. The minimum atomic E-state index is -0.562. The number of carbonyl (C=O) groups excluding carboxylic acids is 1. The summed E-state index contributed by atoms with van der Waals surface area (Å²) in [6, 6.07) is 14.2. The number of benzene rings is 2. The lowest BCUT2D eigenvalue weighted by atomic mass is 10.0. The lowest BCUT2D eigenvalue weighted by Gasteiger charge is -2.19. The number of aromatic nitrogens is 4. The van der Waals surface area contributed by atoms with Crippen LogP contribution >= 0.6 is 0 Å². The molecule has 178 valence electrons. The molecule has 0 aliphatic heterocycles. The molecule has 0 amide bonds. The molecule has 2 aromatic carbocycles. The number of fused-ring (bicyclic) bond motifs is 1. The molecule has 0 saturated carbocycles. The number of nitrogens with zero attached hydrogens (tertiary/aromatic N) is 4. The van der Waals surface area contributed by atoms with Gasteiger partial charge in [0.25, 0.3) is 0 Å². The molecule has 0 aliphatic carbocycles. The second kappa shape index (κ2) is 8.97. The topological polar surface area (TPSA) is 71.0 Å². The summed E-state index contributed by atoms with van der Waals surface area (Å²) >= 11 is 0. The van der Waals surface area contributed by atoms with Crippen LogP contribution in [-0.4, -0.2) is 30.5 Å². The van der Waals surface area contributed by atoms with Gasteiger partial charge in [-0.05, 0) is 65.3 Å². The van der Waals surface area contributed by atoms with Gasteiger partial charge in [-0.3, -0.25) is 18.6 Å². The molecule has 0 radical (unpaired) electrons. The Bertz CT molecular complexity index is 1420. The van der Waals surface area contributed by atoms with E-state index in [1.807, 2.05) is 84.1 Å². The molecule has 0 bridgehead atoms. The van der Waals surface area contributed by atoms with Crippen LogP contribution in [0.4, 0.5) is 0 Å². The molecule has 2 heterocycles. The van der Waals surface area contributed by atoms with Crippen molar-refractivity contribution in [3.63, 3.8) is 0 Å². The van der Waals surface area contributed by atoms with Gasteiger partial charge in [0.05, 0.1) is 11.0 Å². The average Bonchev–Trinajstić information content (AvgIpc) is 3.29. The first-order chi connectivity index (χ1) is 16.1. The molecule has 0 atom stereocenters. The fourth-order valence-electron chi connectivity index (χ4n) is 4.32. The molecule has 0 unspecified atom stereocenters. The second-order valence-electron chi connectivity index (χ2n) is 9.52. The minimum Gasteiger partial charge on any atom is -0.459 e. The van der Waals surface area contributed by atoms with Gasteiger partial charge in [0.1, 0.15) is 17.8 Å². The molecule has 0 N–H and O–H groups in total. The highest BCUT2D eigenvalue weighted by Gasteiger charge is 2.20. The molecule has 0 fully saturated rings. The molecule has 0 aliphatic rings. The largest absolute Gasteiger partial charge is 0.459 e. The van der Waals surface area contributed by atoms with Crippen LogP contribution in [0, 0.1) is 6.92 Å². The van der Waals surface area contributed by atoms with Crippen molar-refractivity contribution in [1.82, 2.24) is 18.9 Å². The van der Waals surface area contributed by atoms with Crippen molar-refractivity contribution >= 4 is 17.0 Å². The molecule has 0 saturated heterocycles. The van der Waals surface area contributed by atoms with Gasteiger partial charge in [0, 0.05) is 30.4 Å². The van der Waals surface area contributed by atoms with Crippen LogP contribution < -0.4 is 5.69 Å². The van der Waals surface area contributed by atoms with E-state index in [9.17, 15) is 9.59 Å². The molecule has 2 aromatic heterocycles. The van der Waals surface area contributed by atoms with Crippen molar-refractivity contribution in [1.29, 1.82) is 0 Å². The van der Waals surface area contributed by atoms with E-state index < -0.39 is 5.60 Å². The van der Waals surface area contributed by atoms with Crippen molar-refractivity contribution in [2.24, 2.45) is 0 Å². The maximum absolute atomic E-state index is 12.8. The predicted octanol–water partition coefficient (Wildman–Crippen LogP) is 5.02. The highest BCUT2D eigenvalue weighted by Crippen LogP contribution is 2.33. The summed E-state index contributed by atoms with van der Waals surface area (Å²) in [6.45, 7) is 12.8. The zero-order chi connectivity index (χ0) is 24.6. The van der Waals surface area contributed by atoms with E-state index in [0.717, 1.165) is 39.0 Å². The molecular weight excluding hydrogens is 428 g/mol. The lowest BCUT2D eigenvalue weighted by molar-refractivity contribution is -0.155. The number of imidazole rings is 1.